The summed E-state index contributed by atoms with van der Waals surface area (Å²) in [5, 5.41) is 21.3. The molecule has 2 aliphatic heterocycles. The Morgan fingerprint density at radius 1 is 1.00 bits per heavy atom. The van der Waals surface area contributed by atoms with E-state index in [0.29, 0.717) is 16.1 Å². The summed E-state index contributed by atoms with van der Waals surface area (Å²) in [6.07, 6.45) is 3.63. The minimum absolute atomic E-state index is 0.210. The fraction of sp³-hybridized carbons (Fsp3) is 0.148. The van der Waals surface area contributed by atoms with Gasteiger partial charge in [-0.2, -0.15) is 10.5 Å². The third kappa shape index (κ3) is 3.13. The maximum Gasteiger partial charge on any atom is 0.185 e. The number of carbonyl (C=O) groups excluding carboxylic acids is 1. The zero-order chi connectivity index (χ0) is 23.2. The lowest BCUT2D eigenvalue weighted by Gasteiger charge is -2.35. The highest BCUT2D eigenvalue weighted by molar-refractivity contribution is 6.30. The van der Waals surface area contributed by atoms with Crippen molar-refractivity contribution in [3.05, 3.63) is 106 Å². The maximum absolute atomic E-state index is 14.0. The summed E-state index contributed by atoms with van der Waals surface area (Å²) in [5.74, 6) is -1.45. The van der Waals surface area contributed by atoms with Crippen molar-refractivity contribution >= 4 is 29.1 Å². The minimum Gasteiger partial charge on any atom is -0.351 e. The van der Waals surface area contributed by atoms with Crippen molar-refractivity contribution in [1.29, 1.82) is 10.5 Å². The molecule has 2 aliphatic rings. The molecule has 0 aliphatic carbocycles. The number of carbonyl (C=O) groups is 1. The van der Waals surface area contributed by atoms with Crippen LogP contribution >= 0.6 is 11.6 Å². The van der Waals surface area contributed by atoms with Crippen LogP contribution in [0.1, 0.15) is 27.4 Å². The Bertz CT molecular complexity index is 1340. The topological polar surface area (TPSA) is 67.9 Å². The van der Waals surface area contributed by atoms with E-state index in [1.165, 1.54) is 12.1 Å². The molecule has 0 radical (unpaired) electrons. The van der Waals surface area contributed by atoms with Crippen LogP contribution in [-0.4, -0.2) is 17.9 Å². The van der Waals surface area contributed by atoms with Crippen LogP contribution in [0, 0.1) is 33.9 Å². The van der Waals surface area contributed by atoms with E-state index < -0.39 is 29.2 Å². The predicted octanol–water partition coefficient (Wildman–Crippen LogP) is 5.76. The Morgan fingerprint density at radius 2 is 1.70 bits per heavy atom. The monoisotopic (exact) mass is 453 g/mol. The second-order valence-corrected chi connectivity index (χ2v) is 8.65. The molecule has 0 saturated carbocycles. The van der Waals surface area contributed by atoms with Gasteiger partial charge >= 0.3 is 0 Å². The van der Waals surface area contributed by atoms with Gasteiger partial charge in [0.2, 0.25) is 0 Å². The normalized spacial score (nSPS) is 22.1. The molecule has 4 nitrogen and oxygen atoms in total. The van der Waals surface area contributed by atoms with Gasteiger partial charge in [0.15, 0.2) is 11.2 Å². The van der Waals surface area contributed by atoms with Crippen LogP contribution in [0.2, 0.25) is 5.02 Å². The highest BCUT2D eigenvalue weighted by atomic mass is 35.5. The van der Waals surface area contributed by atoms with Gasteiger partial charge in [0.1, 0.15) is 11.9 Å². The Hall–Kier alpha value is -3.93. The van der Waals surface area contributed by atoms with E-state index in [9.17, 15) is 19.7 Å². The van der Waals surface area contributed by atoms with Crippen LogP contribution in [-0.2, 0) is 0 Å². The number of benzene rings is 3. The van der Waals surface area contributed by atoms with Gasteiger partial charge in [0.05, 0.1) is 18.2 Å². The zero-order valence-corrected chi connectivity index (χ0v) is 18.1. The molecule has 6 heteroatoms. The summed E-state index contributed by atoms with van der Waals surface area (Å²) in [5.41, 5.74) is 0.993. The Kier molecular flexibility index (Phi) is 5.01. The summed E-state index contributed by atoms with van der Waals surface area (Å²) in [6, 6.07) is 22.8. The average molecular weight is 454 g/mol. The van der Waals surface area contributed by atoms with Crippen LogP contribution in [0.4, 0.5) is 10.1 Å². The molecule has 0 aromatic heterocycles. The molecular weight excluding hydrogens is 437 g/mol. The quantitative estimate of drug-likeness (QED) is 0.472. The number of Topliss-reactive ketones (excluding diaryl/α,β-unsaturated/α-hetero) is 1. The summed E-state index contributed by atoms with van der Waals surface area (Å²) in [4.78, 5) is 15.8. The average Bonchev–Trinajstić information content (AvgIpc) is 3.15. The molecule has 3 atom stereocenters. The van der Waals surface area contributed by atoms with E-state index >= 15 is 0 Å². The fourth-order valence-corrected chi connectivity index (χ4v) is 5.26. The highest BCUT2D eigenvalue weighted by Gasteiger charge is 2.63. The summed E-state index contributed by atoms with van der Waals surface area (Å²) >= 11 is 6.20. The second kappa shape index (κ2) is 7.89. The van der Waals surface area contributed by atoms with Crippen molar-refractivity contribution in [3.63, 3.8) is 0 Å². The van der Waals surface area contributed by atoms with E-state index in [1.807, 2.05) is 23.1 Å². The van der Waals surface area contributed by atoms with Crippen molar-refractivity contribution in [2.24, 2.45) is 5.41 Å². The lowest BCUT2D eigenvalue weighted by atomic mass is 9.69. The number of hydrogen-bond acceptors (Lipinski definition) is 4. The first kappa shape index (κ1) is 20.9. The van der Waals surface area contributed by atoms with Gasteiger partial charge in [-0.15, -0.1) is 0 Å². The van der Waals surface area contributed by atoms with Crippen molar-refractivity contribution < 1.29 is 9.18 Å². The van der Waals surface area contributed by atoms with Crippen LogP contribution in [0.25, 0.3) is 6.08 Å². The van der Waals surface area contributed by atoms with Crippen molar-refractivity contribution in [2.75, 3.05) is 4.90 Å². The molecule has 2 heterocycles. The first-order chi connectivity index (χ1) is 16.0. The molecule has 0 bridgehead atoms. The zero-order valence-electron chi connectivity index (χ0n) is 17.3. The summed E-state index contributed by atoms with van der Waals surface area (Å²) in [7, 11) is 0. The smallest absolute Gasteiger partial charge is 0.185 e. The minimum atomic E-state index is -1.57. The lowest BCUT2D eigenvalue weighted by molar-refractivity contribution is 0.0951. The number of fused-ring (bicyclic) bond motifs is 3. The molecule has 1 saturated heterocycles. The number of nitriles is 2. The third-order valence-corrected chi connectivity index (χ3v) is 6.76. The van der Waals surface area contributed by atoms with Crippen LogP contribution < -0.4 is 4.90 Å². The second-order valence-electron chi connectivity index (χ2n) is 8.21. The largest absolute Gasteiger partial charge is 0.351 e. The number of halogens is 2. The van der Waals surface area contributed by atoms with Crippen molar-refractivity contribution in [2.45, 2.75) is 18.0 Å². The molecule has 5 rings (SSSR count). The summed E-state index contributed by atoms with van der Waals surface area (Å²) < 4.78 is 13.8. The van der Waals surface area contributed by atoms with Gasteiger partial charge in [-0.3, -0.25) is 4.79 Å². The Morgan fingerprint density at radius 3 is 2.36 bits per heavy atom. The standard InChI is InChI=1S/C27H17ClFN3O/c28-20-9-12-22-19(14-20)8-13-23-27(15-30,16-31)24(17-6-10-21(29)11-7-17)25(32(22)23)26(33)18-4-2-1-3-5-18/h1-14,23-25H. The molecule has 3 aromatic rings. The predicted molar refractivity (Wildman–Crippen MR) is 124 cm³/mol. The van der Waals surface area contributed by atoms with Gasteiger partial charge in [-0.05, 0) is 41.5 Å². The molecule has 33 heavy (non-hydrogen) atoms. The van der Waals surface area contributed by atoms with Gasteiger partial charge in [-0.25, -0.2) is 4.39 Å². The van der Waals surface area contributed by atoms with E-state index in [1.54, 1.807) is 54.6 Å². The SMILES string of the molecule is N#CC1(C#N)C(c2ccc(F)cc2)C(C(=O)c2ccccc2)N2c3ccc(Cl)cc3C=CC21. The Balaban J connectivity index is 1.79. The van der Waals surface area contributed by atoms with Crippen molar-refractivity contribution in [1.82, 2.24) is 0 Å². The molecule has 0 N–H and O–H groups in total. The Labute approximate surface area is 195 Å². The number of hydrogen-bond donors (Lipinski definition) is 0. The first-order valence-electron chi connectivity index (χ1n) is 10.4. The van der Waals surface area contributed by atoms with E-state index in [-0.39, 0.29) is 5.78 Å². The van der Waals surface area contributed by atoms with Crippen LogP contribution in [0.3, 0.4) is 0 Å². The molecule has 3 aromatic carbocycles. The van der Waals surface area contributed by atoms with Crippen molar-refractivity contribution in [3.8, 4) is 12.1 Å². The van der Waals surface area contributed by atoms with E-state index in [4.69, 9.17) is 11.6 Å². The summed E-state index contributed by atoms with van der Waals surface area (Å²) in [6.45, 7) is 0. The first-order valence-corrected chi connectivity index (χ1v) is 10.8. The molecule has 0 spiro atoms. The van der Waals surface area contributed by atoms with Gasteiger partial charge < -0.3 is 4.90 Å². The number of anilines is 1. The number of nitrogens with zero attached hydrogens (tertiary/aromatic N) is 3. The maximum atomic E-state index is 14.0. The van der Waals surface area contributed by atoms with Crippen LogP contribution in [0.5, 0.6) is 0 Å². The molecule has 3 unspecified atom stereocenters. The molecular formula is C27H17ClFN3O. The van der Waals surface area contributed by atoms with Crippen LogP contribution in [0.15, 0.2) is 78.9 Å². The molecule has 0 amide bonds. The lowest BCUT2D eigenvalue weighted by Crippen LogP contribution is -2.44. The third-order valence-electron chi connectivity index (χ3n) is 6.52. The van der Waals surface area contributed by atoms with E-state index in [2.05, 4.69) is 12.1 Å². The van der Waals surface area contributed by atoms with Gasteiger partial charge in [0.25, 0.3) is 0 Å². The van der Waals surface area contributed by atoms with Gasteiger partial charge in [0, 0.05) is 22.2 Å². The number of rotatable bonds is 3. The van der Waals surface area contributed by atoms with Gasteiger partial charge in [-0.1, -0.05) is 66.2 Å². The molecule has 160 valence electrons. The fourth-order valence-electron chi connectivity index (χ4n) is 5.08. The molecule has 1 fully saturated rings. The van der Waals surface area contributed by atoms with E-state index in [0.717, 1.165) is 11.3 Å². The number of ketones is 1. The highest BCUT2D eigenvalue weighted by Crippen LogP contribution is 2.55.